The lowest BCUT2D eigenvalue weighted by Gasteiger charge is -2.12. The summed E-state index contributed by atoms with van der Waals surface area (Å²) < 4.78 is 28.1. The Kier molecular flexibility index (Phi) is 5.90. The zero-order chi connectivity index (χ0) is 16.0. The normalized spacial score (nSPS) is 12.7. The first-order chi connectivity index (χ1) is 9.81. The molecule has 1 aromatic carbocycles. The largest absolute Gasteiger partial charge is 0.481 e. The van der Waals surface area contributed by atoms with Crippen LogP contribution < -0.4 is 0 Å². The molecule has 0 spiro atoms. The van der Waals surface area contributed by atoms with Gasteiger partial charge in [0.25, 0.3) is 0 Å². The summed E-state index contributed by atoms with van der Waals surface area (Å²) in [5, 5.41) is 9.19. The van der Waals surface area contributed by atoms with E-state index >= 15 is 0 Å². The number of carbonyl (C=O) groups excluding carboxylic acids is 1. The fourth-order valence-electron chi connectivity index (χ4n) is 1.81. The van der Waals surface area contributed by atoms with Crippen molar-refractivity contribution < 1.29 is 27.9 Å². The van der Waals surface area contributed by atoms with Gasteiger partial charge < -0.3 is 9.84 Å². The predicted molar refractivity (Wildman–Crippen MR) is 75.8 cm³/mol. The van der Waals surface area contributed by atoms with Crippen LogP contribution in [0.5, 0.6) is 0 Å². The number of hydrogen-bond donors (Lipinski definition) is 1. The van der Waals surface area contributed by atoms with Gasteiger partial charge in [-0.25, -0.2) is 8.42 Å². The SMILES string of the molecule is CCOC(=O)CC(C(=O)O)c1ccc(S(=O)(=O)CC)cc1. The molecule has 0 radical (unpaired) electrons. The quantitative estimate of drug-likeness (QED) is 0.768. The summed E-state index contributed by atoms with van der Waals surface area (Å²) in [4.78, 5) is 22.8. The zero-order valence-corrected chi connectivity index (χ0v) is 12.7. The molecule has 6 nitrogen and oxygen atoms in total. The molecular formula is C14H18O6S. The predicted octanol–water partition coefficient (Wildman–Crippen LogP) is 1.60. The minimum Gasteiger partial charge on any atom is -0.481 e. The third-order valence-corrected chi connectivity index (χ3v) is 4.75. The Hall–Kier alpha value is -1.89. The maximum atomic E-state index is 11.7. The summed E-state index contributed by atoms with van der Waals surface area (Å²) in [6.07, 6.45) is -0.289. The first-order valence-electron chi connectivity index (χ1n) is 6.53. The number of carboxylic acids is 1. The maximum Gasteiger partial charge on any atom is 0.311 e. The van der Waals surface area contributed by atoms with Crippen LogP contribution in [0, 0.1) is 0 Å². The highest BCUT2D eigenvalue weighted by atomic mass is 32.2. The number of benzene rings is 1. The number of sulfone groups is 1. The minimum absolute atomic E-state index is 0.0302. The van der Waals surface area contributed by atoms with Crippen molar-refractivity contribution in [1.82, 2.24) is 0 Å². The van der Waals surface area contributed by atoms with Crippen LogP contribution in [0.15, 0.2) is 29.2 Å². The fraction of sp³-hybridized carbons (Fsp3) is 0.429. The Morgan fingerprint density at radius 1 is 1.19 bits per heavy atom. The molecule has 0 saturated heterocycles. The second-order valence-electron chi connectivity index (χ2n) is 4.37. The first kappa shape index (κ1) is 17.2. The summed E-state index contributed by atoms with van der Waals surface area (Å²) in [5.74, 6) is -2.84. The van der Waals surface area contributed by atoms with E-state index in [1.807, 2.05) is 0 Å². The molecule has 1 rings (SSSR count). The second kappa shape index (κ2) is 7.21. The van der Waals surface area contributed by atoms with Crippen molar-refractivity contribution in [3.8, 4) is 0 Å². The van der Waals surface area contributed by atoms with E-state index < -0.39 is 27.7 Å². The Morgan fingerprint density at radius 2 is 1.76 bits per heavy atom. The number of esters is 1. The first-order valence-corrected chi connectivity index (χ1v) is 8.18. The van der Waals surface area contributed by atoms with Gasteiger partial charge in [-0.05, 0) is 24.6 Å². The summed E-state index contributed by atoms with van der Waals surface area (Å²) in [7, 11) is -3.33. The van der Waals surface area contributed by atoms with Crippen LogP contribution in [0.4, 0.5) is 0 Å². The molecule has 0 aliphatic heterocycles. The summed E-state index contributed by atoms with van der Waals surface area (Å²) in [5.41, 5.74) is 0.366. The van der Waals surface area contributed by atoms with Crippen LogP contribution in [0.2, 0.25) is 0 Å². The molecule has 21 heavy (non-hydrogen) atoms. The molecule has 7 heteroatoms. The van der Waals surface area contributed by atoms with Crippen molar-refractivity contribution in [2.75, 3.05) is 12.4 Å². The smallest absolute Gasteiger partial charge is 0.311 e. The lowest BCUT2D eigenvalue weighted by molar-refractivity contribution is -0.148. The van der Waals surface area contributed by atoms with Gasteiger partial charge in [0.2, 0.25) is 0 Å². The average molecular weight is 314 g/mol. The molecule has 0 aromatic heterocycles. The number of carboxylic acid groups (broad SMARTS) is 1. The molecule has 0 heterocycles. The molecule has 1 N–H and O–H groups in total. The highest BCUT2D eigenvalue weighted by Gasteiger charge is 2.24. The minimum atomic E-state index is -3.33. The molecule has 1 aromatic rings. The van der Waals surface area contributed by atoms with Crippen molar-refractivity contribution in [2.45, 2.75) is 31.1 Å². The summed E-state index contributed by atoms with van der Waals surface area (Å²) in [6.45, 7) is 3.35. The average Bonchev–Trinajstić information content (AvgIpc) is 2.45. The van der Waals surface area contributed by atoms with E-state index in [0.29, 0.717) is 5.56 Å². The molecule has 1 atom stereocenters. The maximum absolute atomic E-state index is 11.7. The van der Waals surface area contributed by atoms with Crippen LogP contribution in [-0.2, 0) is 24.2 Å². The van der Waals surface area contributed by atoms with Crippen molar-refractivity contribution in [2.24, 2.45) is 0 Å². The van der Waals surface area contributed by atoms with E-state index in [4.69, 9.17) is 4.74 Å². The lowest BCUT2D eigenvalue weighted by atomic mass is 9.96. The van der Waals surface area contributed by atoms with Crippen molar-refractivity contribution in [3.63, 3.8) is 0 Å². The molecule has 0 amide bonds. The summed E-state index contributed by atoms with van der Waals surface area (Å²) >= 11 is 0. The molecule has 0 saturated carbocycles. The van der Waals surface area contributed by atoms with Gasteiger partial charge in [-0.3, -0.25) is 9.59 Å². The third kappa shape index (κ3) is 4.56. The van der Waals surface area contributed by atoms with Crippen LogP contribution in [0.25, 0.3) is 0 Å². The van der Waals surface area contributed by atoms with Crippen LogP contribution in [0.3, 0.4) is 0 Å². The van der Waals surface area contributed by atoms with Crippen LogP contribution >= 0.6 is 0 Å². The molecule has 116 valence electrons. The molecule has 0 aliphatic rings. The number of carbonyl (C=O) groups is 2. The monoisotopic (exact) mass is 314 g/mol. The van der Waals surface area contributed by atoms with Crippen molar-refractivity contribution in [3.05, 3.63) is 29.8 Å². The number of ether oxygens (including phenoxy) is 1. The van der Waals surface area contributed by atoms with Crippen LogP contribution in [0.1, 0.15) is 31.7 Å². The van der Waals surface area contributed by atoms with Gasteiger partial charge in [0.15, 0.2) is 9.84 Å². The van der Waals surface area contributed by atoms with Crippen molar-refractivity contribution in [1.29, 1.82) is 0 Å². The van der Waals surface area contributed by atoms with Gasteiger partial charge in [-0.15, -0.1) is 0 Å². The Balaban J connectivity index is 3.00. The zero-order valence-electron chi connectivity index (χ0n) is 11.9. The van der Waals surface area contributed by atoms with E-state index in [1.54, 1.807) is 6.92 Å². The number of aliphatic carboxylic acids is 1. The Morgan fingerprint density at radius 3 is 2.19 bits per heavy atom. The van der Waals surface area contributed by atoms with Gasteiger partial charge in [0.05, 0.1) is 29.6 Å². The lowest BCUT2D eigenvalue weighted by Crippen LogP contribution is -2.18. The molecule has 0 bridgehead atoms. The van der Waals surface area contributed by atoms with E-state index in [1.165, 1.54) is 31.2 Å². The van der Waals surface area contributed by atoms with E-state index in [2.05, 4.69) is 0 Å². The Labute approximate surface area is 123 Å². The van der Waals surface area contributed by atoms with Gasteiger partial charge in [-0.2, -0.15) is 0 Å². The highest BCUT2D eigenvalue weighted by Crippen LogP contribution is 2.23. The fourth-order valence-corrected chi connectivity index (χ4v) is 2.69. The molecule has 0 fully saturated rings. The molecule has 1 unspecified atom stereocenters. The van der Waals surface area contributed by atoms with Gasteiger partial charge in [0.1, 0.15) is 0 Å². The second-order valence-corrected chi connectivity index (χ2v) is 6.65. The molecule has 0 aliphatic carbocycles. The standard InChI is InChI=1S/C14H18O6S/c1-3-20-13(15)9-12(14(16)17)10-5-7-11(8-6-10)21(18,19)4-2/h5-8,12H,3-4,9H2,1-2H3,(H,16,17). The van der Waals surface area contributed by atoms with Gasteiger partial charge >= 0.3 is 11.9 Å². The third-order valence-electron chi connectivity index (χ3n) is 3.00. The van der Waals surface area contributed by atoms with E-state index in [9.17, 15) is 23.1 Å². The topological polar surface area (TPSA) is 97.7 Å². The number of rotatable bonds is 7. The van der Waals surface area contributed by atoms with E-state index in [0.717, 1.165) is 0 Å². The summed E-state index contributed by atoms with van der Waals surface area (Å²) in [6, 6.07) is 5.55. The van der Waals surface area contributed by atoms with Gasteiger partial charge in [0, 0.05) is 0 Å². The Bertz CT molecular complexity index is 603. The van der Waals surface area contributed by atoms with Gasteiger partial charge in [-0.1, -0.05) is 19.1 Å². The van der Waals surface area contributed by atoms with Crippen LogP contribution in [-0.4, -0.2) is 37.8 Å². The highest BCUT2D eigenvalue weighted by molar-refractivity contribution is 7.91. The van der Waals surface area contributed by atoms with Crippen molar-refractivity contribution >= 4 is 21.8 Å². The molecular weight excluding hydrogens is 296 g/mol. The van der Waals surface area contributed by atoms with E-state index in [-0.39, 0.29) is 23.7 Å². The number of hydrogen-bond acceptors (Lipinski definition) is 5.